The fraction of sp³-hybridized carbons (Fsp3) is 0.417. The maximum absolute atomic E-state index is 12.2. The van der Waals surface area contributed by atoms with Crippen molar-refractivity contribution in [1.29, 1.82) is 0 Å². The lowest BCUT2D eigenvalue weighted by molar-refractivity contribution is 0.0696. The lowest BCUT2D eigenvalue weighted by Crippen LogP contribution is -2.31. The van der Waals surface area contributed by atoms with Crippen molar-refractivity contribution in [3.63, 3.8) is 0 Å². The highest BCUT2D eigenvalue weighted by Gasteiger charge is 2.21. The summed E-state index contributed by atoms with van der Waals surface area (Å²) in [5.74, 6) is -1.16. The minimum Gasteiger partial charge on any atom is -0.478 e. The van der Waals surface area contributed by atoms with Crippen LogP contribution in [0.4, 0.5) is 0 Å². The maximum Gasteiger partial charge on any atom is 0.335 e. The van der Waals surface area contributed by atoms with Gasteiger partial charge in [-0.3, -0.25) is 0 Å². The molecule has 0 saturated carbocycles. The number of rotatable bonds is 6. The Bertz CT molecular complexity index is 614. The zero-order valence-electron chi connectivity index (χ0n) is 11.5. The second-order valence-corrected chi connectivity index (χ2v) is 7.14. The molecule has 0 bridgehead atoms. The van der Waals surface area contributed by atoms with Crippen LogP contribution < -0.4 is 4.72 Å². The van der Waals surface area contributed by atoms with Gasteiger partial charge in [-0.1, -0.05) is 0 Å². The number of aromatic carboxylic acids is 1. The standard InChI is InChI=1S/C12H17BrN2O4S/c1-8-6-9(12(16)17)7-10(11(8)13)20(18,19)14-4-5-15(2)3/h6-7,14H,4-5H2,1-3H3,(H,16,17). The van der Waals surface area contributed by atoms with Crippen molar-refractivity contribution in [2.75, 3.05) is 27.2 Å². The number of hydrogen-bond acceptors (Lipinski definition) is 4. The molecule has 0 aliphatic rings. The van der Waals surface area contributed by atoms with Crippen LogP contribution in [0.3, 0.4) is 0 Å². The summed E-state index contributed by atoms with van der Waals surface area (Å²) in [6.45, 7) is 2.45. The highest BCUT2D eigenvalue weighted by Crippen LogP contribution is 2.27. The topological polar surface area (TPSA) is 86.7 Å². The number of nitrogens with zero attached hydrogens (tertiary/aromatic N) is 1. The number of nitrogens with one attached hydrogen (secondary N) is 1. The summed E-state index contributed by atoms with van der Waals surface area (Å²) in [7, 11) is -0.0865. The first-order valence-corrected chi connectivity index (χ1v) is 8.10. The molecule has 0 saturated heterocycles. The Hall–Kier alpha value is -0.960. The van der Waals surface area contributed by atoms with Crippen LogP contribution in [0.15, 0.2) is 21.5 Å². The Balaban J connectivity index is 3.14. The average molecular weight is 365 g/mol. The van der Waals surface area contributed by atoms with Gasteiger partial charge in [-0.2, -0.15) is 0 Å². The number of halogens is 1. The molecule has 0 atom stereocenters. The second kappa shape index (κ2) is 6.66. The van der Waals surface area contributed by atoms with Gasteiger partial charge < -0.3 is 10.0 Å². The van der Waals surface area contributed by atoms with Gasteiger partial charge in [-0.05, 0) is 54.6 Å². The Morgan fingerprint density at radius 1 is 1.40 bits per heavy atom. The zero-order chi connectivity index (χ0) is 15.5. The Labute approximate surface area is 127 Å². The molecule has 0 unspecified atom stereocenters. The molecule has 0 spiro atoms. The summed E-state index contributed by atoms with van der Waals surface area (Å²) in [5.41, 5.74) is 0.497. The number of benzene rings is 1. The van der Waals surface area contributed by atoms with Crippen molar-refractivity contribution in [2.24, 2.45) is 0 Å². The van der Waals surface area contributed by atoms with Crippen LogP contribution >= 0.6 is 15.9 Å². The number of carboxylic acid groups (broad SMARTS) is 1. The lowest BCUT2D eigenvalue weighted by atomic mass is 10.1. The smallest absolute Gasteiger partial charge is 0.335 e. The van der Waals surface area contributed by atoms with Gasteiger partial charge in [0.2, 0.25) is 10.0 Å². The van der Waals surface area contributed by atoms with E-state index in [1.807, 2.05) is 19.0 Å². The van der Waals surface area contributed by atoms with Crippen molar-refractivity contribution in [2.45, 2.75) is 11.8 Å². The van der Waals surface area contributed by atoms with Crippen molar-refractivity contribution in [1.82, 2.24) is 9.62 Å². The van der Waals surface area contributed by atoms with Crippen LogP contribution in [-0.4, -0.2) is 51.6 Å². The van der Waals surface area contributed by atoms with E-state index in [1.165, 1.54) is 6.07 Å². The van der Waals surface area contributed by atoms with E-state index in [4.69, 9.17) is 5.11 Å². The molecular formula is C12H17BrN2O4S. The quantitative estimate of drug-likeness (QED) is 0.794. The summed E-state index contributed by atoms with van der Waals surface area (Å²) in [6.07, 6.45) is 0. The molecule has 112 valence electrons. The number of aryl methyl sites for hydroxylation is 1. The van der Waals surface area contributed by atoms with Crippen molar-refractivity contribution in [3.8, 4) is 0 Å². The lowest BCUT2D eigenvalue weighted by Gasteiger charge is -2.13. The van der Waals surface area contributed by atoms with E-state index in [-0.39, 0.29) is 17.0 Å². The Kier molecular flexibility index (Phi) is 5.69. The van der Waals surface area contributed by atoms with Gasteiger partial charge in [-0.15, -0.1) is 0 Å². The highest BCUT2D eigenvalue weighted by molar-refractivity contribution is 9.10. The SMILES string of the molecule is Cc1cc(C(=O)O)cc(S(=O)(=O)NCCN(C)C)c1Br. The van der Waals surface area contributed by atoms with E-state index in [1.54, 1.807) is 6.92 Å². The molecule has 6 nitrogen and oxygen atoms in total. The summed E-state index contributed by atoms with van der Waals surface area (Å²) in [4.78, 5) is 12.8. The van der Waals surface area contributed by atoms with Gasteiger partial charge in [-0.25, -0.2) is 17.9 Å². The third-order valence-electron chi connectivity index (χ3n) is 2.61. The molecule has 1 aromatic carbocycles. The van der Waals surface area contributed by atoms with E-state index >= 15 is 0 Å². The van der Waals surface area contributed by atoms with Crippen LogP contribution in [0.1, 0.15) is 15.9 Å². The molecule has 0 fully saturated rings. The Morgan fingerprint density at radius 2 is 2.00 bits per heavy atom. The molecule has 0 aliphatic heterocycles. The largest absolute Gasteiger partial charge is 0.478 e. The van der Waals surface area contributed by atoms with Crippen LogP contribution in [-0.2, 0) is 10.0 Å². The van der Waals surface area contributed by atoms with Gasteiger partial charge in [0.25, 0.3) is 0 Å². The molecule has 0 aromatic heterocycles. The predicted molar refractivity (Wildman–Crippen MR) is 79.6 cm³/mol. The molecule has 20 heavy (non-hydrogen) atoms. The monoisotopic (exact) mass is 364 g/mol. The second-order valence-electron chi connectivity index (χ2n) is 4.61. The molecular weight excluding hydrogens is 348 g/mol. The van der Waals surface area contributed by atoms with E-state index in [9.17, 15) is 13.2 Å². The van der Waals surface area contributed by atoms with Gasteiger partial charge in [0.1, 0.15) is 0 Å². The van der Waals surface area contributed by atoms with Crippen LogP contribution in [0.5, 0.6) is 0 Å². The van der Waals surface area contributed by atoms with E-state index < -0.39 is 16.0 Å². The molecule has 0 radical (unpaired) electrons. The minimum atomic E-state index is -3.75. The first-order chi connectivity index (χ1) is 9.15. The number of sulfonamides is 1. The normalized spacial score (nSPS) is 11.8. The average Bonchev–Trinajstić information content (AvgIpc) is 2.31. The van der Waals surface area contributed by atoms with Crippen molar-refractivity contribution in [3.05, 3.63) is 27.7 Å². The van der Waals surface area contributed by atoms with Gasteiger partial charge in [0, 0.05) is 17.6 Å². The fourth-order valence-electron chi connectivity index (χ4n) is 1.54. The molecule has 0 heterocycles. The first kappa shape index (κ1) is 17.1. The fourth-order valence-corrected chi connectivity index (χ4v) is 3.60. The van der Waals surface area contributed by atoms with Gasteiger partial charge >= 0.3 is 5.97 Å². The van der Waals surface area contributed by atoms with Crippen molar-refractivity contribution >= 4 is 31.9 Å². The summed E-state index contributed by atoms with van der Waals surface area (Å²) < 4.78 is 27.2. The molecule has 0 aliphatic carbocycles. The van der Waals surface area contributed by atoms with E-state index in [0.717, 1.165) is 6.07 Å². The molecule has 2 N–H and O–H groups in total. The Morgan fingerprint density at radius 3 is 2.50 bits per heavy atom. The first-order valence-electron chi connectivity index (χ1n) is 5.83. The predicted octanol–water partition coefficient (Wildman–Crippen LogP) is 1.30. The number of carbonyl (C=O) groups is 1. The molecule has 0 amide bonds. The van der Waals surface area contributed by atoms with E-state index in [0.29, 0.717) is 16.6 Å². The third kappa shape index (κ3) is 4.27. The highest BCUT2D eigenvalue weighted by atomic mass is 79.9. The van der Waals surface area contributed by atoms with Crippen LogP contribution in [0.2, 0.25) is 0 Å². The number of carboxylic acids is 1. The summed E-state index contributed by atoms with van der Waals surface area (Å²) >= 11 is 3.20. The minimum absolute atomic E-state index is 0.0568. The number of hydrogen-bond donors (Lipinski definition) is 2. The summed E-state index contributed by atoms with van der Waals surface area (Å²) in [6, 6.07) is 2.57. The van der Waals surface area contributed by atoms with E-state index in [2.05, 4.69) is 20.7 Å². The molecule has 1 rings (SSSR count). The molecule has 8 heteroatoms. The van der Waals surface area contributed by atoms with Crippen LogP contribution in [0.25, 0.3) is 0 Å². The van der Waals surface area contributed by atoms with Gasteiger partial charge in [0.05, 0.1) is 10.5 Å². The maximum atomic E-state index is 12.2. The van der Waals surface area contributed by atoms with Crippen molar-refractivity contribution < 1.29 is 18.3 Å². The van der Waals surface area contributed by atoms with Crippen LogP contribution in [0, 0.1) is 6.92 Å². The zero-order valence-corrected chi connectivity index (χ0v) is 13.9. The molecule has 1 aromatic rings. The number of likely N-dealkylation sites (N-methyl/N-ethyl adjacent to an activating group) is 1. The summed E-state index contributed by atoms with van der Waals surface area (Å²) in [5, 5.41) is 9.00. The third-order valence-corrected chi connectivity index (χ3v) is 5.41. The van der Waals surface area contributed by atoms with Gasteiger partial charge in [0.15, 0.2) is 0 Å².